The second-order valence-electron chi connectivity index (χ2n) is 5.07. The highest BCUT2D eigenvalue weighted by Crippen LogP contribution is 2.28. The van der Waals surface area contributed by atoms with Crippen LogP contribution in [0.25, 0.3) is 0 Å². The maximum Gasteiger partial charge on any atom is 0.341 e. The molecule has 0 aliphatic rings. The minimum absolute atomic E-state index is 0.218. The fourth-order valence-corrected chi connectivity index (χ4v) is 3.15. The molecule has 2 aromatic rings. The van der Waals surface area contributed by atoms with Gasteiger partial charge < -0.3 is 4.90 Å². The van der Waals surface area contributed by atoms with Gasteiger partial charge in [-0.25, -0.2) is 12.8 Å². The van der Waals surface area contributed by atoms with Crippen molar-refractivity contribution in [2.75, 3.05) is 18.5 Å². The van der Waals surface area contributed by atoms with Gasteiger partial charge in [0.1, 0.15) is 5.82 Å². The van der Waals surface area contributed by atoms with Crippen LogP contribution in [0, 0.1) is 5.82 Å². The summed E-state index contributed by atoms with van der Waals surface area (Å²) in [5, 5.41) is 0. The minimum Gasteiger partial charge on any atom is -0.373 e. The van der Waals surface area contributed by atoms with Crippen molar-refractivity contribution in [3.8, 4) is 0 Å². The smallest absolute Gasteiger partial charge is 0.341 e. The third kappa shape index (κ3) is 4.04. The van der Waals surface area contributed by atoms with Crippen LogP contribution < -0.4 is 4.90 Å². The highest BCUT2D eigenvalue weighted by atomic mass is 32.2. The molecule has 0 amide bonds. The summed E-state index contributed by atoms with van der Waals surface area (Å²) in [7, 11) is -3.04. The number of nitrogens with zero attached hydrogens (tertiary/aromatic N) is 1. The molecule has 0 radical (unpaired) electrons. The van der Waals surface area contributed by atoms with E-state index < -0.39 is 20.5 Å². The molecular formula is C16H16F3NO2S. The van der Waals surface area contributed by atoms with E-state index in [9.17, 15) is 21.6 Å². The molecular weight excluding hydrogens is 327 g/mol. The van der Waals surface area contributed by atoms with Crippen LogP contribution in [0.3, 0.4) is 0 Å². The van der Waals surface area contributed by atoms with Crippen LogP contribution in [0.15, 0.2) is 53.4 Å². The van der Waals surface area contributed by atoms with Crippen molar-refractivity contribution in [1.29, 1.82) is 0 Å². The van der Waals surface area contributed by atoms with Crippen LogP contribution in [-0.2, 0) is 16.3 Å². The van der Waals surface area contributed by atoms with Crippen molar-refractivity contribution in [1.82, 2.24) is 0 Å². The van der Waals surface area contributed by atoms with E-state index in [2.05, 4.69) is 0 Å². The molecule has 0 spiro atoms. The normalized spacial score (nSPS) is 11.7. The van der Waals surface area contributed by atoms with Crippen LogP contribution in [0.2, 0.25) is 0 Å². The Hall–Kier alpha value is -2.02. The molecule has 0 saturated heterocycles. The first-order valence-corrected chi connectivity index (χ1v) is 8.43. The van der Waals surface area contributed by atoms with E-state index >= 15 is 0 Å². The summed E-state index contributed by atoms with van der Waals surface area (Å²) in [5.41, 5.74) is 1.09. The highest BCUT2D eigenvalue weighted by Gasteiger charge is 2.29. The number of sulfone groups is 1. The predicted molar refractivity (Wildman–Crippen MR) is 83.0 cm³/mol. The summed E-state index contributed by atoms with van der Waals surface area (Å²) in [6, 6.07) is 11.6. The molecule has 7 heteroatoms. The van der Waals surface area contributed by atoms with Gasteiger partial charge in [-0.05, 0) is 36.2 Å². The average Bonchev–Trinajstić information content (AvgIpc) is 2.54. The van der Waals surface area contributed by atoms with Crippen molar-refractivity contribution in [3.63, 3.8) is 0 Å². The summed E-state index contributed by atoms with van der Waals surface area (Å²) in [4.78, 5) is 1.20. The van der Waals surface area contributed by atoms with Crippen molar-refractivity contribution < 1.29 is 21.6 Å². The van der Waals surface area contributed by atoms with Crippen LogP contribution >= 0.6 is 0 Å². The van der Waals surface area contributed by atoms with E-state index in [-0.39, 0.29) is 11.5 Å². The van der Waals surface area contributed by atoms with Gasteiger partial charge in [0.15, 0.2) is 0 Å². The summed E-state index contributed by atoms with van der Waals surface area (Å²) in [6.45, 7) is 0.404. The van der Waals surface area contributed by atoms with E-state index in [1.807, 2.05) is 0 Å². The molecule has 0 heterocycles. The number of halogens is 3. The number of alkyl halides is 2. The second kappa shape index (κ2) is 7.04. The first-order valence-electron chi connectivity index (χ1n) is 6.89. The molecule has 0 fully saturated rings. The number of hydrogen-bond donors (Lipinski definition) is 0. The van der Waals surface area contributed by atoms with E-state index in [1.165, 1.54) is 30.3 Å². The minimum atomic E-state index is -4.67. The Balaban J connectivity index is 2.20. The average molecular weight is 343 g/mol. The van der Waals surface area contributed by atoms with Crippen molar-refractivity contribution in [2.24, 2.45) is 0 Å². The molecule has 0 aliphatic carbocycles. The van der Waals surface area contributed by atoms with Gasteiger partial charge in [0, 0.05) is 13.6 Å². The fourth-order valence-electron chi connectivity index (χ4n) is 2.18. The Labute approximate surface area is 133 Å². The standard InChI is InChI=1S/C16H16F3NO2S/c1-20(11-10-12-6-8-13(17)9-7-12)14-4-2-3-5-15(14)23(21,22)16(18)19/h2-9,16H,10-11H2,1H3. The molecule has 0 N–H and O–H groups in total. The lowest BCUT2D eigenvalue weighted by Gasteiger charge is -2.22. The molecule has 2 rings (SSSR count). The third-order valence-corrected chi connectivity index (χ3v) is 4.89. The Morgan fingerprint density at radius 1 is 1.04 bits per heavy atom. The Morgan fingerprint density at radius 2 is 1.65 bits per heavy atom. The molecule has 0 atom stereocenters. The quantitative estimate of drug-likeness (QED) is 0.806. The highest BCUT2D eigenvalue weighted by molar-refractivity contribution is 7.91. The number of benzene rings is 2. The van der Waals surface area contributed by atoms with E-state index in [0.29, 0.717) is 13.0 Å². The van der Waals surface area contributed by atoms with Gasteiger partial charge >= 0.3 is 5.76 Å². The monoisotopic (exact) mass is 343 g/mol. The zero-order chi connectivity index (χ0) is 17.0. The first-order chi connectivity index (χ1) is 10.8. The number of rotatable bonds is 6. The molecule has 0 saturated carbocycles. The second-order valence-corrected chi connectivity index (χ2v) is 6.96. The number of hydrogen-bond acceptors (Lipinski definition) is 3. The Kier molecular flexibility index (Phi) is 5.30. The summed E-state index contributed by atoms with van der Waals surface area (Å²) < 4.78 is 61.9. The van der Waals surface area contributed by atoms with Crippen molar-refractivity contribution in [3.05, 3.63) is 59.9 Å². The van der Waals surface area contributed by atoms with Gasteiger partial charge in [0.2, 0.25) is 9.84 Å². The molecule has 0 aromatic heterocycles. The summed E-state index contributed by atoms with van der Waals surface area (Å²) >= 11 is 0. The summed E-state index contributed by atoms with van der Waals surface area (Å²) in [6.07, 6.45) is 0.528. The van der Waals surface area contributed by atoms with Gasteiger partial charge in [0.05, 0.1) is 10.6 Å². The molecule has 3 nitrogen and oxygen atoms in total. The van der Waals surface area contributed by atoms with Gasteiger partial charge in [0.25, 0.3) is 0 Å². The molecule has 0 unspecified atom stereocenters. The van der Waals surface area contributed by atoms with E-state index in [0.717, 1.165) is 5.56 Å². The Morgan fingerprint density at radius 3 is 2.26 bits per heavy atom. The SMILES string of the molecule is CN(CCc1ccc(F)cc1)c1ccccc1S(=O)(=O)C(F)F. The van der Waals surface area contributed by atoms with Gasteiger partial charge in [-0.2, -0.15) is 8.78 Å². The number of likely N-dealkylation sites (N-methyl/N-ethyl adjacent to an activating group) is 1. The van der Waals surface area contributed by atoms with Crippen molar-refractivity contribution >= 4 is 15.5 Å². The van der Waals surface area contributed by atoms with E-state index in [1.54, 1.807) is 30.1 Å². The molecule has 23 heavy (non-hydrogen) atoms. The fraction of sp³-hybridized carbons (Fsp3) is 0.250. The summed E-state index contributed by atoms with van der Waals surface area (Å²) in [5.74, 6) is -3.80. The third-order valence-electron chi connectivity index (χ3n) is 3.47. The zero-order valence-corrected chi connectivity index (χ0v) is 13.2. The maximum atomic E-state index is 12.9. The largest absolute Gasteiger partial charge is 0.373 e. The lowest BCUT2D eigenvalue weighted by Crippen LogP contribution is -2.24. The molecule has 0 bridgehead atoms. The lowest BCUT2D eigenvalue weighted by molar-refractivity contribution is 0.235. The zero-order valence-electron chi connectivity index (χ0n) is 12.4. The lowest BCUT2D eigenvalue weighted by atomic mass is 10.1. The molecule has 0 aliphatic heterocycles. The predicted octanol–water partition coefficient (Wildman–Crippen LogP) is 3.50. The van der Waals surface area contributed by atoms with Gasteiger partial charge in [-0.15, -0.1) is 0 Å². The van der Waals surface area contributed by atoms with Crippen LogP contribution in [0.4, 0.5) is 18.9 Å². The number of para-hydroxylation sites is 1. The number of anilines is 1. The topological polar surface area (TPSA) is 37.4 Å². The molecule has 124 valence electrons. The van der Waals surface area contributed by atoms with Crippen LogP contribution in [-0.4, -0.2) is 27.8 Å². The molecule has 2 aromatic carbocycles. The van der Waals surface area contributed by atoms with Crippen LogP contribution in [0.5, 0.6) is 0 Å². The van der Waals surface area contributed by atoms with E-state index in [4.69, 9.17) is 0 Å². The van der Waals surface area contributed by atoms with Crippen molar-refractivity contribution in [2.45, 2.75) is 17.1 Å². The maximum absolute atomic E-state index is 12.9. The van der Waals surface area contributed by atoms with Crippen LogP contribution in [0.1, 0.15) is 5.56 Å². The van der Waals surface area contributed by atoms with Gasteiger partial charge in [-0.3, -0.25) is 0 Å². The Bertz CT molecular complexity index is 761. The first kappa shape index (κ1) is 17.3. The van der Waals surface area contributed by atoms with Gasteiger partial charge in [-0.1, -0.05) is 24.3 Å².